The molecule has 0 atom stereocenters. The Hall–Kier alpha value is -3.93. The lowest BCUT2D eigenvalue weighted by atomic mass is 9.90. The molecule has 3 aromatic carbocycles. The molecule has 1 aromatic heterocycles. The Morgan fingerprint density at radius 1 is 0.750 bits per heavy atom. The van der Waals surface area contributed by atoms with E-state index in [-0.39, 0.29) is 12.5 Å². The van der Waals surface area contributed by atoms with Crippen molar-refractivity contribution in [1.82, 2.24) is 14.0 Å². The van der Waals surface area contributed by atoms with Gasteiger partial charge in [-0.15, -0.1) is 0 Å². The second-order valence-electron chi connectivity index (χ2n) is 9.55. The molecule has 4 aromatic rings. The minimum absolute atomic E-state index is 0.0490. The Labute approximate surface area is 210 Å². The lowest BCUT2D eigenvalue weighted by molar-refractivity contribution is 0.0690. The summed E-state index contributed by atoms with van der Waals surface area (Å²) in [5.74, 6) is 0.656. The number of piperidine rings is 1. The summed E-state index contributed by atoms with van der Waals surface area (Å²) in [6.45, 7) is 4.12. The highest BCUT2D eigenvalue weighted by Gasteiger charge is 2.24. The van der Waals surface area contributed by atoms with Gasteiger partial charge in [0, 0.05) is 25.2 Å². The van der Waals surface area contributed by atoms with Crippen molar-refractivity contribution in [3.05, 3.63) is 116 Å². The van der Waals surface area contributed by atoms with Crippen LogP contribution in [0.25, 0.3) is 11.0 Å². The molecular formula is C30H31N3O3. The number of benzene rings is 3. The van der Waals surface area contributed by atoms with Crippen molar-refractivity contribution in [2.24, 2.45) is 5.92 Å². The van der Waals surface area contributed by atoms with Crippen LogP contribution in [0.5, 0.6) is 0 Å². The van der Waals surface area contributed by atoms with E-state index in [1.807, 2.05) is 66.4 Å². The molecular weight excluding hydrogens is 450 g/mol. The zero-order valence-corrected chi connectivity index (χ0v) is 20.6. The second kappa shape index (κ2) is 10.4. The number of carbonyl (C=O) groups is 1. The van der Waals surface area contributed by atoms with Gasteiger partial charge in [-0.2, -0.15) is 0 Å². The van der Waals surface area contributed by atoms with E-state index in [2.05, 4.69) is 24.3 Å². The van der Waals surface area contributed by atoms with Crippen LogP contribution < -0.4 is 11.1 Å². The first-order chi connectivity index (χ1) is 17.5. The van der Waals surface area contributed by atoms with Gasteiger partial charge in [-0.05, 0) is 67.5 Å². The monoisotopic (exact) mass is 481 g/mol. The fourth-order valence-electron chi connectivity index (χ4n) is 5.25. The molecule has 1 aliphatic rings. The number of amides is 1. The first-order valence-corrected chi connectivity index (χ1v) is 12.7. The quantitative estimate of drug-likeness (QED) is 0.385. The number of fused-ring (bicyclic) bond motifs is 1. The molecule has 0 spiro atoms. The Kier molecular flexibility index (Phi) is 6.85. The summed E-state index contributed by atoms with van der Waals surface area (Å²) < 4.78 is 3.04. The van der Waals surface area contributed by atoms with Gasteiger partial charge in [-0.3, -0.25) is 19.0 Å². The van der Waals surface area contributed by atoms with E-state index in [0.29, 0.717) is 18.0 Å². The number of aryl methyl sites for hydroxylation is 1. The number of rotatable bonds is 6. The molecule has 1 fully saturated rings. The molecule has 0 saturated carbocycles. The van der Waals surface area contributed by atoms with Crippen LogP contribution in [0.4, 0.5) is 0 Å². The maximum atomic E-state index is 13.1. The third-order valence-corrected chi connectivity index (χ3v) is 7.26. The van der Waals surface area contributed by atoms with E-state index in [4.69, 9.17) is 0 Å². The summed E-state index contributed by atoms with van der Waals surface area (Å²) in [6, 6.07) is 25.4. The smallest absolute Gasteiger partial charge is 0.317 e. The highest BCUT2D eigenvalue weighted by Crippen LogP contribution is 2.23. The SMILES string of the molecule is CCn1c(=O)c(=O)n(Cc2ccc(C(=O)N3CCC(Cc4ccccc4)CC3)cc2)c2ccccc21. The zero-order chi connectivity index (χ0) is 25.1. The van der Waals surface area contributed by atoms with Gasteiger partial charge < -0.3 is 9.47 Å². The van der Waals surface area contributed by atoms with Gasteiger partial charge in [-0.25, -0.2) is 0 Å². The zero-order valence-electron chi connectivity index (χ0n) is 20.6. The van der Waals surface area contributed by atoms with Crippen molar-refractivity contribution in [1.29, 1.82) is 0 Å². The molecule has 0 N–H and O–H groups in total. The Morgan fingerprint density at radius 3 is 1.97 bits per heavy atom. The Bertz CT molecular complexity index is 1480. The summed E-state index contributed by atoms with van der Waals surface area (Å²) in [6.07, 6.45) is 3.09. The van der Waals surface area contributed by atoms with E-state index in [9.17, 15) is 14.4 Å². The molecule has 5 rings (SSSR count). The maximum absolute atomic E-state index is 13.1. The third kappa shape index (κ3) is 4.76. The van der Waals surface area contributed by atoms with Gasteiger partial charge in [0.05, 0.1) is 17.6 Å². The molecule has 0 bridgehead atoms. The fraction of sp³-hybridized carbons (Fsp3) is 0.300. The first kappa shape index (κ1) is 23.8. The van der Waals surface area contributed by atoms with Crippen LogP contribution in [0.2, 0.25) is 0 Å². The Morgan fingerprint density at radius 2 is 1.33 bits per heavy atom. The van der Waals surface area contributed by atoms with Crippen molar-refractivity contribution >= 4 is 16.9 Å². The summed E-state index contributed by atoms with van der Waals surface area (Å²) in [4.78, 5) is 40.6. The number of likely N-dealkylation sites (tertiary alicyclic amines) is 1. The Balaban J connectivity index is 1.28. The van der Waals surface area contributed by atoms with Crippen molar-refractivity contribution < 1.29 is 4.79 Å². The van der Waals surface area contributed by atoms with E-state index < -0.39 is 11.1 Å². The predicted molar refractivity (Wildman–Crippen MR) is 142 cm³/mol. The van der Waals surface area contributed by atoms with Gasteiger partial charge in [0.2, 0.25) is 0 Å². The number of carbonyl (C=O) groups excluding carboxylic acids is 1. The maximum Gasteiger partial charge on any atom is 0.317 e. The van der Waals surface area contributed by atoms with Crippen LogP contribution >= 0.6 is 0 Å². The van der Waals surface area contributed by atoms with Crippen molar-refractivity contribution in [2.45, 2.75) is 39.3 Å². The van der Waals surface area contributed by atoms with Crippen molar-refractivity contribution in [3.63, 3.8) is 0 Å². The van der Waals surface area contributed by atoms with Gasteiger partial charge in [0.15, 0.2) is 0 Å². The van der Waals surface area contributed by atoms with E-state index in [1.165, 1.54) is 14.7 Å². The third-order valence-electron chi connectivity index (χ3n) is 7.26. The van der Waals surface area contributed by atoms with Gasteiger partial charge in [-0.1, -0.05) is 54.6 Å². The van der Waals surface area contributed by atoms with E-state index >= 15 is 0 Å². The van der Waals surface area contributed by atoms with Crippen LogP contribution in [0.3, 0.4) is 0 Å². The normalized spacial score (nSPS) is 14.3. The van der Waals surface area contributed by atoms with Crippen LogP contribution in [-0.2, 0) is 19.5 Å². The second-order valence-corrected chi connectivity index (χ2v) is 9.55. The lowest BCUT2D eigenvalue weighted by Gasteiger charge is -2.32. The van der Waals surface area contributed by atoms with Crippen molar-refractivity contribution in [3.8, 4) is 0 Å². The minimum atomic E-state index is -0.533. The van der Waals surface area contributed by atoms with Crippen molar-refractivity contribution in [2.75, 3.05) is 13.1 Å². The minimum Gasteiger partial charge on any atom is -0.339 e. The summed E-state index contributed by atoms with van der Waals surface area (Å²) in [7, 11) is 0. The number of hydrogen-bond donors (Lipinski definition) is 0. The topological polar surface area (TPSA) is 64.3 Å². The molecule has 1 saturated heterocycles. The van der Waals surface area contributed by atoms with Gasteiger partial charge in [0.25, 0.3) is 5.91 Å². The number of aromatic nitrogens is 2. The number of nitrogens with zero attached hydrogens (tertiary/aromatic N) is 3. The summed E-state index contributed by atoms with van der Waals surface area (Å²) in [5.41, 5.74) is 3.30. The molecule has 2 heterocycles. The standard InChI is InChI=1S/C30H31N3O3/c1-2-32-26-10-6-7-11-27(26)33(30(36)29(32)35)21-24-12-14-25(15-13-24)28(34)31-18-16-23(17-19-31)20-22-8-4-3-5-9-22/h3-15,23H,2,16-21H2,1H3. The molecule has 0 aliphatic carbocycles. The van der Waals surface area contributed by atoms with Crippen LogP contribution in [0, 0.1) is 5.92 Å². The number of hydrogen-bond acceptors (Lipinski definition) is 3. The molecule has 6 nitrogen and oxygen atoms in total. The van der Waals surface area contributed by atoms with Crippen LogP contribution in [0.1, 0.15) is 41.3 Å². The molecule has 36 heavy (non-hydrogen) atoms. The molecule has 0 unspecified atom stereocenters. The predicted octanol–water partition coefficient (Wildman–Crippen LogP) is 4.33. The highest BCUT2D eigenvalue weighted by atomic mass is 16.2. The van der Waals surface area contributed by atoms with Gasteiger partial charge in [0.1, 0.15) is 0 Å². The van der Waals surface area contributed by atoms with Crippen LogP contribution in [0.15, 0.2) is 88.5 Å². The summed E-state index contributed by atoms with van der Waals surface area (Å²) in [5, 5.41) is 0. The molecule has 0 radical (unpaired) electrons. The summed E-state index contributed by atoms with van der Waals surface area (Å²) >= 11 is 0. The van der Waals surface area contributed by atoms with Gasteiger partial charge >= 0.3 is 11.1 Å². The lowest BCUT2D eigenvalue weighted by Crippen LogP contribution is -2.41. The largest absolute Gasteiger partial charge is 0.339 e. The molecule has 6 heteroatoms. The molecule has 184 valence electrons. The highest BCUT2D eigenvalue weighted by molar-refractivity contribution is 5.94. The fourth-order valence-corrected chi connectivity index (χ4v) is 5.25. The van der Waals surface area contributed by atoms with E-state index in [1.54, 1.807) is 0 Å². The number of para-hydroxylation sites is 2. The average molecular weight is 482 g/mol. The van der Waals surface area contributed by atoms with E-state index in [0.717, 1.165) is 48.9 Å². The first-order valence-electron chi connectivity index (χ1n) is 12.7. The molecule has 1 aliphatic heterocycles. The average Bonchev–Trinajstić information content (AvgIpc) is 2.92. The van der Waals surface area contributed by atoms with Crippen LogP contribution in [-0.4, -0.2) is 33.0 Å². The molecule has 1 amide bonds.